The zero-order chi connectivity index (χ0) is 24.0. The van der Waals surface area contributed by atoms with E-state index in [1.807, 2.05) is 31.2 Å². The summed E-state index contributed by atoms with van der Waals surface area (Å²) < 4.78 is 5.55. The highest BCUT2D eigenvalue weighted by atomic mass is 16.5. The predicted octanol–water partition coefficient (Wildman–Crippen LogP) is 4.17. The van der Waals surface area contributed by atoms with Gasteiger partial charge in [-0.3, -0.25) is 9.59 Å². The van der Waals surface area contributed by atoms with Gasteiger partial charge in [-0.25, -0.2) is 4.79 Å². The van der Waals surface area contributed by atoms with Crippen molar-refractivity contribution in [2.24, 2.45) is 11.8 Å². The summed E-state index contributed by atoms with van der Waals surface area (Å²) in [7, 11) is 0. The second-order valence-corrected chi connectivity index (χ2v) is 8.83. The third-order valence-corrected chi connectivity index (χ3v) is 6.31. The number of hydrogen-bond acceptors (Lipinski definition) is 4. The molecule has 176 valence electrons. The summed E-state index contributed by atoms with van der Waals surface area (Å²) in [5.41, 5.74) is 4.62. The largest absolute Gasteiger partial charge is 0.481 e. The Labute approximate surface area is 194 Å². The lowest BCUT2D eigenvalue weighted by molar-refractivity contribution is -0.138. The van der Waals surface area contributed by atoms with E-state index in [4.69, 9.17) is 9.84 Å². The maximum atomic E-state index is 12.4. The van der Waals surface area contributed by atoms with Gasteiger partial charge in [0.15, 0.2) is 0 Å². The molecule has 3 rings (SSSR count). The van der Waals surface area contributed by atoms with Gasteiger partial charge in [-0.15, -0.1) is 0 Å². The van der Waals surface area contributed by atoms with Gasteiger partial charge >= 0.3 is 12.1 Å². The van der Waals surface area contributed by atoms with Crippen molar-refractivity contribution in [3.63, 3.8) is 0 Å². The van der Waals surface area contributed by atoms with Crippen molar-refractivity contribution in [1.82, 2.24) is 10.6 Å². The average Bonchev–Trinajstić information content (AvgIpc) is 3.10. The van der Waals surface area contributed by atoms with Crippen molar-refractivity contribution >= 4 is 18.0 Å². The summed E-state index contributed by atoms with van der Waals surface area (Å²) in [5, 5.41) is 14.4. The molecule has 2 aromatic carbocycles. The number of benzene rings is 2. The van der Waals surface area contributed by atoms with E-state index in [0.29, 0.717) is 13.0 Å². The van der Waals surface area contributed by atoms with E-state index in [-0.39, 0.29) is 30.8 Å². The molecule has 7 nitrogen and oxygen atoms in total. The van der Waals surface area contributed by atoms with Crippen LogP contribution < -0.4 is 10.6 Å². The molecule has 0 fully saturated rings. The van der Waals surface area contributed by atoms with E-state index in [0.717, 1.165) is 11.1 Å². The second-order valence-electron chi connectivity index (χ2n) is 8.83. The maximum Gasteiger partial charge on any atom is 0.407 e. The van der Waals surface area contributed by atoms with Crippen LogP contribution >= 0.6 is 0 Å². The number of nitrogens with one attached hydrogen (secondary N) is 2. The summed E-state index contributed by atoms with van der Waals surface area (Å²) >= 11 is 0. The zero-order valence-corrected chi connectivity index (χ0v) is 19.3. The first-order valence-corrected chi connectivity index (χ1v) is 11.4. The summed E-state index contributed by atoms with van der Waals surface area (Å²) in [5.74, 6) is -1.53. The lowest BCUT2D eigenvalue weighted by Gasteiger charge is -2.22. The Morgan fingerprint density at radius 1 is 0.970 bits per heavy atom. The molecule has 2 aromatic rings. The van der Waals surface area contributed by atoms with Crippen LogP contribution in [0.5, 0.6) is 0 Å². The monoisotopic (exact) mass is 452 g/mol. The van der Waals surface area contributed by atoms with Crippen LogP contribution in [-0.4, -0.2) is 42.3 Å². The van der Waals surface area contributed by atoms with Crippen molar-refractivity contribution in [3.05, 3.63) is 59.7 Å². The van der Waals surface area contributed by atoms with Crippen LogP contribution in [0, 0.1) is 11.8 Å². The van der Waals surface area contributed by atoms with Crippen molar-refractivity contribution < 1.29 is 24.2 Å². The quantitative estimate of drug-likeness (QED) is 0.502. The van der Waals surface area contributed by atoms with Gasteiger partial charge in [0.05, 0.1) is 5.92 Å². The van der Waals surface area contributed by atoms with Crippen LogP contribution in [0.2, 0.25) is 0 Å². The van der Waals surface area contributed by atoms with Crippen LogP contribution in [0.3, 0.4) is 0 Å². The van der Waals surface area contributed by atoms with E-state index in [9.17, 15) is 14.4 Å². The molecule has 1 aliphatic rings. The summed E-state index contributed by atoms with van der Waals surface area (Å²) in [6.45, 7) is 5.96. The second kappa shape index (κ2) is 11.0. The van der Waals surface area contributed by atoms with Gasteiger partial charge in [0.1, 0.15) is 6.61 Å². The number of carboxylic acids is 1. The molecule has 0 aromatic heterocycles. The third-order valence-electron chi connectivity index (χ3n) is 6.31. The first-order valence-electron chi connectivity index (χ1n) is 11.4. The Bertz CT molecular complexity index is 960. The summed E-state index contributed by atoms with van der Waals surface area (Å²) in [4.78, 5) is 35.6. The molecular formula is C26H32N2O5. The highest BCUT2D eigenvalue weighted by molar-refractivity contribution is 5.80. The molecule has 0 bridgehead atoms. The van der Waals surface area contributed by atoms with Crippen LogP contribution in [0.4, 0.5) is 4.79 Å². The fourth-order valence-electron chi connectivity index (χ4n) is 4.18. The SMILES string of the molecule is CC(CCNC(=O)C(C)C(C)NC(=O)OCC1c2ccccc2-c2ccccc21)CC(=O)O. The van der Waals surface area contributed by atoms with Crippen molar-refractivity contribution in [2.45, 2.75) is 45.6 Å². The van der Waals surface area contributed by atoms with Crippen LogP contribution in [0.25, 0.3) is 11.1 Å². The van der Waals surface area contributed by atoms with Crippen molar-refractivity contribution in [1.29, 1.82) is 0 Å². The first kappa shape index (κ1) is 24.3. The molecule has 0 saturated heterocycles. The van der Waals surface area contributed by atoms with Gasteiger partial charge in [0.25, 0.3) is 0 Å². The van der Waals surface area contributed by atoms with Gasteiger partial charge in [-0.05, 0) is 41.5 Å². The highest BCUT2D eigenvalue weighted by Crippen LogP contribution is 2.44. The van der Waals surface area contributed by atoms with Crippen molar-refractivity contribution in [3.8, 4) is 11.1 Å². The molecule has 0 heterocycles. The molecule has 0 spiro atoms. The highest BCUT2D eigenvalue weighted by Gasteiger charge is 2.29. The Hall–Kier alpha value is -3.35. The zero-order valence-electron chi connectivity index (χ0n) is 19.3. The number of fused-ring (bicyclic) bond motifs is 3. The van der Waals surface area contributed by atoms with Gasteiger partial charge < -0.3 is 20.5 Å². The lowest BCUT2D eigenvalue weighted by Crippen LogP contribution is -2.44. The van der Waals surface area contributed by atoms with Crippen molar-refractivity contribution in [2.75, 3.05) is 13.2 Å². The van der Waals surface area contributed by atoms with E-state index in [1.165, 1.54) is 11.1 Å². The molecular weight excluding hydrogens is 420 g/mol. The third kappa shape index (κ3) is 6.12. The Morgan fingerprint density at radius 3 is 2.12 bits per heavy atom. The fraction of sp³-hybridized carbons (Fsp3) is 0.423. The van der Waals surface area contributed by atoms with Crippen LogP contribution in [0.15, 0.2) is 48.5 Å². The normalized spacial score (nSPS) is 15.0. The molecule has 3 N–H and O–H groups in total. The van der Waals surface area contributed by atoms with E-state index >= 15 is 0 Å². The molecule has 2 amide bonds. The van der Waals surface area contributed by atoms with E-state index < -0.39 is 24.0 Å². The Kier molecular flexibility index (Phi) is 8.09. The molecule has 3 atom stereocenters. The minimum absolute atomic E-state index is 0.0190. The fourth-order valence-corrected chi connectivity index (χ4v) is 4.18. The van der Waals surface area contributed by atoms with Gasteiger partial charge in [-0.1, -0.05) is 62.4 Å². The molecule has 7 heteroatoms. The topological polar surface area (TPSA) is 105 Å². The smallest absolute Gasteiger partial charge is 0.407 e. The Balaban J connectivity index is 1.48. The minimum atomic E-state index is -0.844. The minimum Gasteiger partial charge on any atom is -0.481 e. The molecule has 1 aliphatic carbocycles. The number of ether oxygens (including phenoxy) is 1. The van der Waals surface area contributed by atoms with E-state index in [2.05, 4.69) is 34.9 Å². The number of carboxylic acid groups (broad SMARTS) is 1. The lowest BCUT2D eigenvalue weighted by atomic mass is 9.98. The molecule has 3 unspecified atom stereocenters. The van der Waals surface area contributed by atoms with Gasteiger partial charge in [0, 0.05) is 24.9 Å². The summed E-state index contributed by atoms with van der Waals surface area (Å²) in [6.07, 6.45) is 0.100. The average molecular weight is 453 g/mol. The van der Waals surface area contributed by atoms with Crippen LogP contribution in [-0.2, 0) is 14.3 Å². The summed E-state index contributed by atoms with van der Waals surface area (Å²) in [6, 6.07) is 15.9. The number of alkyl carbamates (subject to hydrolysis) is 1. The number of hydrogen-bond donors (Lipinski definition) is 3. The number of amides is 2. The standard InChI is InChI=1S/C26H32N2O5/c1-16(14-24(29)30)12-13-27-25(31)17(2)18(3)28-26(32)33-15-23-21-10-6-4-8-19(21)20-9-5-7-11-22(20)23/h4-11,16-18,23H,12-15H2,1-3H3,(H,27,31)(H,28,32)(H,29,30). The maximum absolute atomic E-state index is 12.4. The first-order chi connectivity index (χ1) is 15.8. The molecule has 0 saturated carbocycles. The number of aliphatic carboxylic acids is 1. The Morgan fingerprint density at radius 2 is 1.55 bits per heavy atom. The number of rotatable bonds is 10. The van der Waals surface area contributed by atoms with Gasteiger partial charge in [-0.2, -0.15) is 0 Å². The van der Waals surface area contributed by atoms with Gasteiger partial charge in [0.2, 0.25) is 5.91 Å². The number of carbonyl (C=O) groups excluding carboxylic acids is 2. The number of carbonyl (C=O) groups is 3. The van der Waals surface area contributed by atoms with Crippen LogP contribution in [0.1, 0.15) is 50.7 Å². The molecule has 0 aliphatic heterocycles. The van der Waals surface area contributed by atoms with E-state index in [1.54, 1.807) is 13.8 Å². The molecule has 0 radical (unpaired) electrons. The predicted molar refractivity (Wildman–Crippen MR) is 126 cm³/mol. The molecule has 33 heavy (non-hydrogen) atoms.